The molecular weight excluding hydrogens is 236 g/mol. The van der Waals surface area contributed by atoms with Crippen molar-refractivity contribution < 1.29 is 4.79 Å². The number of Topliss-reactive ketones (excluding diaryl/α,β-unsaturated/α-hetero) is 1. The zero-order chi connectivity index (χ0) is 13.8. The lowest BCUT2D eigenvalue weighted by Crippen LogP contribution is -2.11. The van der Waals surface area contributed by atoms with Crippen LogP contribution in [-0.2, 0) is 6.42 Å². The molecule has 3 nitrogen and oxygen atoms in total. The van der Waals surface area contributed by atoms with Crippen LogP contribution in [0.2, 0.25) is 0 Å². The van der Waals surface area contributed by atoms with E-state index in [0.29, 0.717) is 5.56 Å². The van der Waals surface area contributed by atoms with Crippen molar-refractivity contribution in [3.63, 3.8) is 0 Å². The van der Waals surface area contributed by atoms with E-state index in [9.17, 15) is 4.79 Å². The van der Waals surface area contributed by atoms with Crippen molar-refractivity contribution >= 4 is 17.3 Å². The summed E-state index contributed by atoms with van der Waals surface area (Å²) in [5.41, 5.74) is 3.05. The second-order valence-corrected chi connectivity index (χ2v) is 4.54. The molecule has 0 aliphatic rings. The molecule has 19 heavy (non-hydrogen) atoms. The third kappa shape index (κ3) is 2.99. The average molecular weight is 254 g/mol. The van der Waals surface area contributed by atoms with Gasteiger partial charge in [0.05, 0.1) is 0 Å². The number of rotatable bonds is 4. The van der Waals surface area contributed by atoms with E-state index in [1.807, 2.05) is 18.0 Å². The third-order valence-corrected chi connectivity index (χ3v) is 3.23. The first-order chi connectivity index (χ1) is 9.11. The first-order valence-electron chi connectivity index (χ1n) is 6.41. The maximum atomic E-state index is 11.4. The minimum Gasteiger partial charge on any atom is -0.329 e. The van der Waals surface area contributed by atoms with Crippen LogP contribution in [0.4, 0.5) is 11.5 Å². The SMILES string of the molecule is CCc1ccc(N(C)c2cc(C(C)=O)ccn2)cc1. The Labute approximate surface area is 113 Å². The van der Waals surface area contributed by atoms with Crippen molar-refractivity contribution in [3.05, 3.63) is 53.7 Å². The quantitative estimate of drug-likeness (QED) is 0.781. The molecule has 1 heterocycles. The van der Waals surface area contributed by atoms with E-state index in [2.05, 4.69) is 36.2 Å². The van der Waals surface area contributed by atoms with Gasteiger partial charge in [-0.25, -0.2) is 4.98 Å². The predicted molar refractivity (Wildman–Crippen MR) is 78.1 cm³/mol. The molecule has 1 aromatic heterocycles. The molecule has 0 amide bonds. The zero-order valence-electron chi connectivity index (χ0n) is 11.6. The zero-order valence-corrected chi connectivity index (χ0v) is 11.6. The monoisotopic (exact) mass is 254 g/mol. The highest BCUT2D eigenvalue weighted by molar-refractivity contribution is 5.94. The molecule has 0 aliphatic carbocycles. The lowest BCUT2D eigenvalue weighted by atomic mass is 10.1. The topological polar surface area (TPSA) is 33.2 Å². The van der Waals surface area contributed by atoms with Gasteiger partial charge in [-0.2, -0.15) is 0 Å². The number of anilines is 2. The fourth-order valence-electron chi connectivity index (χ4n) is 1.91. The Morgan fingerprint density at radius 2 is 1.89 bits per heavy atom. The van der Waals surface area contributed by atoms with E-state index in [1.54, 1.807) is 19.2 Å². The van der Waals surface area contributed by atoms with Crippen molar-refractivity contribution in [2.24, 2.45) is 0 Å². The molecular formula is C16H18N2O. The molecule has 98 valence electrons. The van der Waals surface area contributed by atoms with Gasteiger partial charge in [-0.3, -0.25) is 4.79 Å². The van der Waals surface area contributed by atoms with Crippen molar-refractivity contribution in [2.75, 3.05) is 11.9 Å². The normalized spacial score (nSPS) is 10.3. The van der Waals surface area contributed by atoms with Gasteiger partial charge in [-0.15, -0.1) is 0 Å². The lowest BCUT2D eigenvalue weighted by Gasteiger charge is -2.19. The van der Waals surface area contributed by atoms with Gasteiger partial charge in [0, 0.05) is 24.5 Å². The Balaban J connectivity index is 2.29. The Kier molecular flexibility index (Phi) is 3.95. The Bertz CT molecular complexity index is 576. The number of hydrogen-bond acceptors (Lipinski definition) is 3. The van der Waals surface area contributed by atoms with Crippen LogP contribution in [0, 0.1) is 0 Å². The van der Waals surface area contributed by atoms with Gasteiger partial charge < -0.3 is 4.90 Å². The Morgan fingerprint density at radius 3 is 2.47 bits per heavy atom. The second-order valence-electron chi connectivity index (χ2n) is 4.54. The summed E-state index contributed by atoms with van der Waals surface area (Å²) in [5, 5.41) is 0. The number of aryl methyl sites for hydroxylation is 1. The summed E-state index contributed by atoms with van der Waals surface area (Å²) in [5.74, 6) is 0.829. The fourth-order valence-corrected chi connectivity index (χ4v) is 1.91. The first kappa shape index (κ1) is 13.3. The minimum atomic E-state index is 0.0541. The van der Waals surface area contributed by atoms with Gasteiger partial charge in [-0.1, -0.05) is 19.1 Å². The molecule has 0 bridgehead atoms. The minimum absolute atomic E-state index is 0.0541. The molecule has 0 N–H and O–H groups in total. The highest BCUT2D eigenvalue weighted by atomic mass is 16.1. The van der Waals surface area contributed by atoms with E-state index in [1.165, 1.54) is 5.56 Å². The molecule has 3 heteroatoms. The standard InChI is InChI=1S/C16H18N2O/c1-4-13-5-7-15(8-6-13)18(3)16-11-14(12(2)19)9-10-17-16/h5-11H,4H2,1-3H3. The van der Waals surface area contributed by atoms with Crippen molar-refractivity contribution in [2.45, 2.75) is 20.3 Å². The molecule has 0 radical (unpaired) electrons. The van der Waals surface area contributed by atoms with Crippen molar-refractivity contribution in [1.82, 2.24) is 4.98 Å². The summed E-state index contributed by atoms with van der Waals surface area (Å²) in [6.45, 7) is 3.70. The van der Waals surface area contributed by atoms with E-state index in [0.717, 1.165) is 17.9 Å². The maximum absolute atomic E-state index is 11.4. The van der Waals surface area contributed by atoms with E-state index in [4.69, 9.17) is 0 Å². The van der Waals surface area contributed by atoms with Gasteiger partial charge >= 0.3 is 0 Å². The lowest BCUT2D eigenvalue weighted by molar-refractivity contribution is 0.101. The largest absolute Gasteiger partial charge is 0.329 e. The number of aromatic nitrogens is 1. The van der Waals surface area contributed by atoms with Crippen LogP contribution < -0.4 is 4.90 Å². The summed E-state index contributed by atoms with van der Waals surface area (Å²) in [6, 6.07) is 11.9. The first-order valence-corrected chi connectivity index (χ1v) is 6.41. The molecule has 0 unspecified atom stereocenters. The molecule has 0 saturated heterocycles. The fraction of sp³-hybridized carbons (Fsp3) is 0.250. The summed E-state index contributed by atoms with van der Waals surface area (Å²) in [6.07, 6.45) is 2.70. The van der Waals surface area contributed by atoms with Crippen LogP contribution in [0.15, 0.2) is 42.6 Å². The maximum Gasteiger partial charge on any atom is 0.159 e. The van der Waals surface area contributed by atoms with Gasteiger partial charge in [0.25, 0.3) is 0 Å². The smallest absolute Gasteiger partial charge is 0.159 e. The van der Waals surface area contributed by atoms with Crippen LogP contribution in [-0.4, -0.2) is 17.8 Å². The Morgan fingerprint density at radius 1 is 1.21 bits per heavy atom. The third-order valence-electron chi connectivity index (χ3n) is 3.23. The second kappa shape index (κ2) is 5.65. The molecule has 2 rings (SSSR count). The number of pyridine rings is 1. The van der Waals surface area contributed by atoms with Gasteiger partial charge in [-0.05, 0) is 43.2 Å². The Hall–Kier alpha value is -2.16. The number of benzene rings is 1. The van der Waals surface area contributed by atoms with Gasteiger partial charge in [0.15, 0.2) is 5.78 Å². The van der Waals surface area contributed by atoms with Gasteiger partial charge in [0.1, 0.15) is 5.82 Å². The summed E-state index contributed by atoms with van der Waals surface area (Å²) >= 11 is 0. The number of ketones is 1. The van der Waals surface area contributed by atoms with Crippen LogP contribution in [0.5, 0.6) is 0 Å². The van der Waals surface area contributed by atoms with Crippen molar-refractivity contribution in [1.29, 1.82) is 0 Å². The van der Waals surface area contributed by atoms with E-state index >= 15 is 0 Å². The molecule has 0 aliphatic heterocycles. The molecule has 0 saturated carbocycles. The van der Waals surface area contributed by atoms with Crippen LogP contribution in [0.25, 0.3) is 0 Å². The van der Waals surface area contributed by atoms with Crippen LogP contribution >= 0.6 is 0 Å². The van der Waals surface area contributed by atoms with E-state index in [-0.39, 0.29) is 5.78 Å². The summed E-state index contributed by atoms with van der Waals surface area (Å²) in [4.78, 5) is 17.7. The number of hydrogen-bond donors (Lipinski definition) is 0. The highest BCUT2D eigenvalue weighted by Crippen LogP contribution is 2.22. The van der Waals surface area contributed by atoms with Gasteiger partial charge in [0.2, 0.25) is 0 Å². The molecule has 0 fully saturated rings. The number of carbonyl (C=O) groups excluding carboxylic acids is 1. The average Bonchev–Trinajstić information content (AvgIpc) is 2.46. The summed E-state index contributed by atoms with van der Waals surface area (Å²) in [7, 11) is 1.95. The predicted octanol–water partition coefficient (Wildman–Crippen LogP) is 3.61. The van der Waals surface area contributed by atoms with Crippen LogP contribution in [0.3, 0.4) is 0 Å². The molecule has 1 aromatic carbocycles. The van der Waals surface area contributed by atoms with Crippen molar-refractivity contribution in [3.8, 4) is 0 Å². The molecule has 0 spiro atoms. The molecule has 2 aromatic rings. The van der Waals surface area contributed by atoms with E-state index < -0.39 is 0 Å². The number of nitrogens with zero attached hydrogens (tertiary/aromatic N) is 2. The highest BCUT2D eigenvalue weighted by Gasteiger charge is 2.07. The number of carbonyl (C=O) groups is 1. The summed E-state index contributed by atoms with van der Waals surface area (Å²) < 4.78 is 0. The molecule has 0 atom stereocenters. The van der Waals surface area contributed by atoms with Crippen LogP contribution in [0.1, 0.15) is 29.8 Å².